The van der Waals surface area contributed by atoms with Crippen LogP contribution in [-0.2, 0) is 19.0 Å². The molecule has 2 unspecified atom stereocenters. The monoisotopic (exact) mass is 514 g/mol. The van der Waals surface area contributed by atoms with E-state index in [2.05, 4.69) is 0 Å². The molecule has 7 aliphatic rings. The van der Waals surface area contributed by atoms with E-state index in [1.54, 1.807) is 26.0 Å². The molecule has 5 N–H and O–H groups in total. The first-order chi connectivity index (χ1) is 17.2. The average Bonchev–Trinajstić information content (AvgIpc) is 3.22. The lowest BCUT2D eigenvalue weighted by Gasteiger charge is -2.64. The van der Waals surface area contributed by atoms with Gasteiger partial charge in [0.15, 0.2) is 16.8 Å². The summed E-state index contributed by atoms with van der Waals surface area (Å²) in [5.41, 5.74) is -5.78. The van der Waals surface area contributed by atoms with E-state index in [9.17, 15) is 30.3 Å². The Balaban J connectivity index is 1.47. The molecular weight excluding hydrogens is 480 g/mol. The fraction of sp³-hybridized carbons (Fsp3) is 0.750. The predicted molar refractivity (Wildman–Crippen MR) is 125 cm³/mol. The lowest BCUT2D eigenvalue weighted by atomic mass is 9.41. The summed E-state index contributed by atoms with van der Waals surface area (Å²) >= 11 is 0. The normalized spacial score (nSPS) is 60.0. The number of carbonyl (C=O) groups is 1. The van der Waals surface area contributed by atoms with Crippen LogP contribution in [0.2, 0.25) is 0 Å². The highest BCUT2D eigenvalue weighted by Gasteiger charge is 2.99. The number of fused-ring (bicyclic) bond motifs is 4. The van der Waals surface area contributed by atoms with E-state index < -0.39 is 75.5 Å². The van der Waals surface area contributed by atoms with Crippen LogP contribution in [0.15, 0.2) is 12.1 Å². The molecule has 1 aromatic carbocycles. The molecule has 13 atom stereocenters. The molecule has 6 fully saturated rings. The predicted octanol–water partition coefficient (Wildman–Crippen LogP) is 1.17. The van der Waals surface area contributed by atoms with Gasteiger partial charge in [0, 0.05) is 17.8 Å². The molecule has 37 heavy (non-hydrogen) atoms. The van der Waals surface area contributed by atoms with Crippen molar-refractivity contribution in [3.05, 3.63) is 28.8 Å². The number of ether oxygens (including phenoxy) is 3. The number of phenolic OH excluding ortho intramolecular Hbond substituents is 1. The average molecular weight is 515 g/mol. The second-order valence-corrected chi connectivity index (χ2v) is 13.5. The number of hydrogen-bond acceptors (Lipinski definition) is 9. The van der Waals surface area contributed by atoms with Crippen LogP contribution in [0.1, 0.15) is 68.7 Å². The van der Waals surface area contributed by atoms with Crippen molar-refractivity contribution in [2.24, 2.45) is 29.1 Å². The van der Waals surface area contributed by atoms with Crippen LogP contribution in [0, 0.1) is 36.0 Å². The van der Waals surface area contributed by atoms with Gasteiger partial charge < -0.3 is 39.7 Å². The van der Waals surface area contributed by atoms with Gasteiger partial charge in [0.25, 0.3) is 0 Å². The molecule has 9 heteroatoms. The molecule has 3 saturated heterocycles. The fourth-order valence-corrected chi connectivity index (χ4v) is 10.7. The highest BCUT2D eigenvalue weighted by Crippen LogP contribution is 2.84. The molecule has 3 aliphatic heterocycles. The summed E-state index contributed by atoms with van der Waals surface area (Å²) in [4.78, 5) is 13.6. The summed E-state index contributed by atoms with van der Waals surface area (Å²) in [6.07, 6.45) is -1.67. The lowest BCUT2D eigenvalue weighted by molar-refractivity contribution is -0.362. The Morgan fingerprint density at radius 3 is 2.54 bits per heavy atom. The van der Waals surface area contributed by atoms with Crippen LogP contribution in [-0.4, -0.2) is 72.4 Å². The maximum atomic E-state index is 13.6. The Hall–Kier alpha value is -1.75. The van der Waals surface area contributed by atoms with Crippen molar-refractivity contribution in [2.75, 3.05) is 6.61 Å². The summed E-state index contributed by atoms with van der Waals surface area (Å²) < 4.78 is 19.5. The molecule has 0 aromatic heterocycles. The Bertz CT molecular complexity index is 1300. The van der Waals surface area contributed by atoms with Gasteiger partial charge in [-0.1, -0.05) is 19.9 Å². The molecule has 0 radical (unpaired) electrons. The minimum atomic E-state index is -2.10. The number of carbonyl (C=O) groups excluding carboxylic acids is 1. The van der Waals surface area contributed by atoms with Crippen LogP contribution >= 0.6 is 0 Å². The summed E-state index contributed by atoms with van der Waals surface area (Å²) in [5.74, 6) is -4.79. The zero-order valence-corrected chi connectivity index (χ0v) is 21.4. The van der Waals surface area contributed by atoms with Crippen LogP contribution in [0.4, 0.5) is 0 Å². The molecule has 8 rings (SSSR count). The van der Waals surface area contributed by atoms with Crippen LogP contribution in [0.5, 0.6) is 5.75 Å². The lowest BCUT2D eigenvalue weighted by Crippen LogP contribution is -2.80. The largest absolute Gasteiger partial charge is 0.508 e. The first-order valence-corrected chi connectivity index (χ1v) is 13.5. The highest BCUT2D eigenvalue weighted by atomic mass is 16.8. The van der Waals surface area contributed by atoms with Crippen molar-refractivity contribution in [1.29, 1.82) is 0 Å². The Morgan fingerprint density at radius 1 is 1.08 bits per heavy atom. The van der Waals surface area contributed by atoms with Gasteiger partial charge in [-0.15, -0.1) is 0 Å². The second kappa shape index (κ2) is 6.03. The molecule has 4 aliphatic carbocycles. The van der Waals surface area contributed by atoms with Crippen molar-refractivity contribution in [3.63, 3.8) is 0 Å². The molecule has 1 spiro atoms. The maximum Gasteiger partial charge on any atom is 0.342 e. The van der Waals surface area contributed by atoms with E-state index in [1.807, 2.05) is 13.8 Å². The first-order valence-electron chi connectivity index (χ1n) is 13.5. The second-order valence-electron chi connectivity index (χ2n) is 13.5. The highest BCUT2D eigenvalue weighted by molar-refractivity contribution is 5.87. The number of benzene rings is 1. The minimum absolute atomic E-state index is 0.0792. The zero-order valence-electron chi connectivity index (χ0n) is 21.4. The number of esters is 1. The van der Waals surface area contributed by atoms with Crippen molar-refractivity contribution >= 4 is 5.97 Å². The van der Waals surface area contributed by atoms with E-state index in [1.165, 1.54) is 0 Å². The van der Waals surface area contributed by atoms with Gasteiger partial charge in [0.1, 0.15) is 11.4 Å². The van der Waals surface area contributed by atoms with E-state index in [0.29, 0.717) is 11.1 Å². The molecule has 3 saturated carbocycles. The van der Waals surface area contributed by atoms with Gasteiger partial charge in [-0.25, -0.2) is 4.79 Å². The van der Waals surface area contributed by atoms with E-state index in [0.717, 1.165) is 5.56 Å². The molecule has 1 aromatic rings. The molecule has 3 heterocycles. The quantitative estimate of drug-likeness (QED) is 0.322. The summed E-state index contributed by atoms with van der Waals surface area (Å²) in [7, 11) is 0. The topological polar surface area (TPSA) is 146 Å². The number of phenols is 1. The number of aliphatic hydroxyl groups is 4. The number of aromatic hydroxyl groups is 1. The Morgan fingerprint density at radius 2 is 1.81 bits per heavy atom. The molecule has 200 valence electrons. The van der Waals surface area contributed by atoms with Gasteiger partial charge in [0.05, 0.1) is 18.8 Å². The Kier molecular flexibility index (Phi) is 3.77. The maximum absolute atomic E-state index is 13.6. The van der Waals surface area contributed by atoms with Gasteiger partial charge in [-0.05, 0) is 73.1 Å². The van der Waals surface area contributed by atoms with Crippen molar-refractivity contribution in [2.45, 2.75) is 93.3 Å². The van der Waals surface area contributed by atoms with Crippen molar-refractivity contribution < 1.29 is 44.5 Å². The van der Waals surface area contributed by atoms with Crippen LogP contribution in [0.3, 0.4) is 0 Å². The fourth-order valence-electron chi connectivity index (χ4n) is 10.7. The third-order valence-corrected chi connectivity index (χ3v) is 12.4. The number of aliphatic hydroxyl groups excluding tert-OH is 2. The Labute approximate surface area is 214 Å². The standard InChI is InChI=1S/C28H34O9/c1-11-10-35-28-14-7-17(30)19-12(2)16(29)6-5-13(19)20(14)15-8-25(33)22(32)36-24(4)18(31)9-23(11,3)21(26(15,28)34)27(24,25)37-28/h5-6,11,14-15,17-18,20-21,29-31,33-34H,7-10H2,1-4H3/t11-,14-,15?,17-,18-,20-,21-,23-,24+,25?,26-,27+,28+/m1/s1. The molecule has 0 amide bonds. The van der Waals surface area contributed by atoms with Crippen LogP contribution < -0.4 is 0 Å². The van der Waals surface area contributed by atoms with Gasteiger partial charge >= 0.3 is 5.97 Å². The SMILES string of the molecule is Cc1c(O)ccc2c1[C@H](O)C[C@@H]1[C@@H]2C2CC3(O)C(=O)O[C@@]4(C)[C@H](O)C[C@]5(C)[C@H](C)CO[C@]16O[C@]34[C@H]5[C@]26O. The third kappa shape index (κ3) is 1.89. The van der Waals surface area contributed by atoms with Gasteiger partial charge in [-0.2, -0.15) is 0 Å². The van der Waals surface area contributed by atoms with Gasteiger partial charge in [-0.3, -0.25) is 0 Å². The summed E-state index contributed by atoms with van der Waals surface area (Å²) in [6.45, 7) is 7.64. The first kappa shape index (κ1) is 23.2. The van der Waals surface area contributed by atoms with E-state index in [-0.39, 0.29) is 37.5 Å². The summed E-state index contributed by atoms with van der Waals surface area (Å²) in [6, 6.07) is 3.37. The van der Waals surface area contributed by atoms with Crippen LogP contribution in [0.25, 0.3) is 0 Å². The summed E-state index contributed by atoms with van der Waals surface area (Å²) in [5, 5.41) is 58.8. The molecule has 9 nitrogen and oxygen atoms in total. The van der Waals surface area contributed by atoms with E-state index in [4.69, 9.17) is 14.2 Å². The van der Waals surface area contributed by atoms with Crippen molar-refractivity contribution in [1.82, 2.24) is 0 Å². The van der Waals surface area contributed by atoms with Crippen molar-refractivity contribution in [3.8, 4) is 5.75 Å². The molecule has 4 bridgehead atoms. The minimum Gasteiger partial charge on any atom is -0.508 e. The third-order valence-electron chi connectivity index (χ3n) is 12.4. The number of hydrogen-bond donors (Lipinski definition) is 5. The van der Waals surface area contributed by atoms with E-state index >= 15 is 0 Å². The van der Waals surface area contributed by atoms with Gasteiger partial charge in [0.2, 0.25) is 5.79 Å². The smallest absolute Gasteiger partial charge is 0.342 e. The molecular formula is C28H34O9. The zero-order chi connectivity index (χ0) is 26.3. The number of rotatable bonds is 0.